The Morgan fingerprint density at radius 2 is 2.00 bits per heavy atom. The Morgan fingerprint density at radius 3 is 2.59 bits per heavy atom. The highest BCUT2D eigenvalue weighted by Gasteiger charge is 2.27. The number of carbonyl (C=O) groups excluding carboxylic acids is 1. The lowest BCUT2D eigenvalue weighted by Crippen LogP contribution is -2.25. The molecule has 1 aromatic rings. The number of methoxy groups -OCH3 is 1. The highest BCUT2D eigenvalue weighted by atomic mass is 16.6. The van der Waals surface area contributed by atoms with E-state index >= 15 is 0 Å². The van der Waals surface area contributed by atoms with Crippen LogP contribution in [0.25, 0.3) is 0 Å². The van der Waals surface area contributed by atoms with E-state index in [0.717, 1.165) is 31.6 Å². The fourth-order valence-electron chi connectivity index (χ4n) is 3.11. The summed E-state index contributed by atoms with van der Waals surface area (Å²) >= 11 is 0. The van der Waals surface area contributed by atoms with Crippen molar-refractivity contribution in [2.24, 2.45) is 11.8 Å². The van der Waals surface area contributed by atoms with E-state index in [1.165, 1.54) is 20.0 Å². The van der Waals surface area contributed by atoms with Crippen LogP contribution < -0.4 is 9.47 Å². The van der Waals surface area contributed by atoms with Gasteiger partial charge in [0.25, 0.3) is 0 Å². The maximum absolute atomic E-state index is 12.3. The number of hydrogen-bond donors (Lipinski definition) is 0. The summed E-state index contributed by atoms with van der Waals surface area (Å²) in [6.07, 6.45) is 6.49. The highest BCUT2D eigenvalue weighted by molar-refractivity contribution is 5.76. The summed E-state index contributed by atoms with van der Waals surface area (Å²) in [5.41, 5.74) is 0.483. The van der Waals surface area contributed by atoms with Gasteiger partial charge in [-0.05, 0) is 43.7 Å². The van der Waals surface area contributed by atoms with E-state index in [0.29, 0.717) is 17.1 Å². The molecule has 0 unspecified atom stereocenters. The third kappa shape index (κ3) is 4.00. The molecule has 1 aliphatic carbocycles. The van der Waals surface area contributed by atoms with Gasteiger partial charge in [-0.15, -0.1) is 0 Å². The SMILES string of the molecule is CCC[C@H]1CC[C@H](C(=O)Oc2ccc(C#N)cc2OC)CC1. The number of rotatable bonds is 5. The van der Waals surface area contributed by atoms with E-state index in [4.69, 9.17) is 14.7 Å². The summed E-state index contributed by atoms with van der Waals surface area (Å²) in [6, 6.07) is 6.88. The largest absolute Gasteiger partial charge is 0.493 e. The Hall–Kier alpha value is -2.02. The van der Waals surface area contributed by atoms with Crippen molar-refractivity contribution in [1.29, 1.82) is 5.26 Å². The summed E-state index contributed by atoms with van der Waals surface area (Å²) in [4.78, 5) is 12.3. The van der Waals surface area contributed by atoms with Gasteiger partial charge < -0.3 is 9.47 Å². The van der Waals surface area contributed by atoms with Gasteiger partial charge in [0.2, 0.25) is 0 Å². The molecule has 1 fully saturated rings. The molecule has 1 saturated carbocycles. The number of carbonyl (C=O) groups is 1. The lowest BCUT2D eigenvalue weighted by Gasteiger charge is -2.27. The Balaban J connectivity index is 1.97. The molecule has 1 aliphatic rings. The van der Waals surface area contributed by atoms with E-state index in [-0.39, 0.29) is 11.9 Å². The molecular weight excluding hydrogens is 278 g/mol. The van der Waals surface area contributed by atoms with Gasteiger partial charge in [-0.3, -0.25) is 4.79 Å². The first-order valence-corrected chi connectivity index (χ1v) is 7.97. The predicted molar refractivity (Wildman–Crippen MR) is 83.7 cm³/mol. The first kappa shape index (κ1) is 16.4. The molecule has 4 heteroatoms. The van der Waals surface area contributed by atoms with Crippen molar-refractivity contribution in [2.75, 3.05) is 7.11 Å². The first-order valence-electron chi connectivity index (χ1n) is 7.97. The Bertz CT molecular complexity index is 554. The summed E-state index contributed by atoms with van der Waals surface area (Å²) in [7, 11) is 1.50. The number of ether oxygens (including phenoxy) is 2. The minimum atomic E-state index is -0.182. The quantitative estimate of drug-likeness (QED) is 0.607. The van der Waals surface area contributed by atoms with Gasteiger partial charge in [-0.2, -0.15) is 5.26 Å². The van der Waals surface area contributed by atoms with Crippen molar-refractivity contribution < 1.29 is 14.3 Å². The van der Waals surface area contributed by atoms with Crippen LogP contribution in [0.2, 0.25) is 0 Å². The molecule has 0 atom stereocenters. The molecule has 2 rings (SSSR count). The zero-order chi connectivity index (χ0) is 15.9. The molecule has 118 valence electrons. The minimum absolute atomic E-state index is 0.0199. The average Bonchev–Trinajstić information content (AvgIpc) is 2.56. The van der Waals surface area contributed by atoms with E-state index in [9.17, 15) is 4.79 Å². The van der Waals surface area contributed by atoms with Gasteiger partial charge in [0.15, 0.2) is 11.5 Å². The van der Waals surface area contributed by atoms with Crippen LogP contribution in [0.15, 0.2) is 18.2 Å². The van der Waals surface area contributed by atoms with E-state index in [2.05, 4.69) is 6.92 Å². The number of hydrogen-bond acceptors (Lipinski definition) is 4. The van der Waals surface area contributed by atoms with Crippen molar-refractivity contribution in [3.8, 4) is 17.6 Å². The summed E-state index contributed by atoms with van der Waals surface area (Å²) < 4.78 is 10.7. The third-order valence-electron chi connectivity index (χ3n) is 4.38. The average molecular weight is 301 g/mol. The maximum atomic E-state index is 12.3. The second-order valence-corrected chi connectivity index (χ2v) is 5.90. The normalized spacial score (nSPS) is 21.0. The number of benzene rings is 1. The Labute approximate surface area is 132 Å². The fourth-order valence-corrected chi connectivity index (χ4v) is 3.11. The van der Waals surface area contributed by atoms with Crippen molar-refractivity contribution >= 4 is 5.97 Å². The molecule has 0 aromatic heterocycles. The van der Waals surface area contributed by atoms with Crippen LogP contribution in [-0.4, -0.2) is 13.1 Å². The van der Waals surface area contributed by atoms with Crippen LogP contribution in [0.4, 0.5) is 0 Å². The minimum Gasteiger partial charge on any atom is -0.493 e. The van der Waals surface area contributed by atoms with Gasteiger partial charge in [0, 0.05) is 6.07 Å². The topological polar surface area (TPSA) is 59.3 Å². The zero-order valence-electron chi connectivity index (χ0n) is 13.3. The standard InChI is InChI=1S/C18H23NO3/c1-3-4-13-5-8-15(9-6-13)18(20)22-16-10-7-14(12-19)11-17(16)21-2/h7,10-11,13,15H,3-6,8-9H2,1-2H3/t13-,15-. The Morgan fingerprint density at radius 1 is 1.27 bits per heavy atom. The molecule has 0 amide bonds. The highest BCUT2D eigenvalue weighted by Crippen LogP contribution is 2.34. The van der Waals surface area contributed by atoms with E-state index in [1.54, 1.807) is 18.2 Å². The van der Waals surface area contributed by atoms with Gasteiger partial charge in [0.1, 0.15) is 0 Å². The van der Waals surface area contributed by atoms with Gasteiger partial charge >= 0.3 is 5.97 Å². The molecule has 0 spiro atoms. The van der Waals surface area contributed by atoms with Crippen molar-refractivity contribution in [3.63, 3.8) is 0 Å². The van der Waals surface area contributed by atoms with Crippen molar-refractivity contribution in [1.82, 2.24) is 0 Å². The molecule has 4 nitrogen and oxygen atoms in total. The lowest BCUT2D eigenvalue weighted by molar-refractivity contribution is -0.140. The van der Waals surface area contributed by atoms with Gasteiger partial charge in [-0.1, -0.05) is 19.8 Å². The monoisotopic (exact) mass is 301 g/mol. The lowest BCUT2D eigenvalue weighted by atomic mass is 9.80. The van der Waals surface area contributed by atoms with Crippen LogP contribution in [0.3, 0.4) is 0 Å². The molecule has 0 radical (unpaired) electrons. The van der Waals surface area contributed by atoms with Gasteiger partial charge in [-0.25, -0.2) is 0 Å². The number of esters is 1. The molecule has 0 N–H and O–H groups in total. The van der Waals surface area contributed by atoms with Gasteiger partial charge in [0.05, 0.1) is 24.7 Å². The fraction of sp³-hybridized carbons (Fsp3) is 0.556. The molecular formula is C18H23NO3. The molecule has 0 saturated heterocycles. The van der Waals surface area contributed by atoms with Crippen molar-refractivity contribution in [2.45, 2.75) is 45.4 Å². The Kier molecular flexibility index (Phi) is 5.83. The van der Waals surface area contributed by atoms with E-state index in [1.807, 2.05) is 6.07 Å². The van der Waals surface area contributed by atoms with Crippen LogP contribution in [0.5, 0.6) is 11.5 Å². The number of nitrogens with zero attached hydrogens (tertiary/aromatic N) is 1. The zero-order valence-corrected chi connectivity index (χ0v) is 13.3. The summed E-state index contributed by atoms with van der Waals surface area (Å²) in [5.74, 6) is 1.37. The number of nitriles is 1. The second kappa shape index (κ2) is 7.84. The van der Waals surface area contributed by atoms with Crippen LogP contribution in [0.1, 0.15) is 51.0 Å². The van der Waals surface area contributed by atoms with Crippen molar-refractivity contribution in [3.05, 3.63) is 23.8 Å². The van der Waals surface area contributed by atoms with E-state index < -0.39 is 0 Å². The molecule has 0 aliphatic heterocycles. The summed E-state index contributed by atoms with van der Waals surface area (Å²) in [5, 5.41) is 8.89. The molecule has 0 heterocycles. The predicted octanol–water partition coefficient (Wildman–Crippen LogP) is 4.08. The van der Waals surface area contributed by atoms with Crippen LogP contribution in [-0.2, 0) is 4.79 Å². The van der Waals surface area contributed by atoms with Crippen LogP contribution in [0, 0.1) is 23.2 Å². The third-order valence-corrected chi connectivity index (χ3v) is 4.38. The molecule has 22 heavy (non-hydrogen) atoms. The molecule has 0 bridgehead atoms. The maximum Gasteiger partial charge on any atom is 0.314 e. The van der Waals surface area contributed by atoms with Crippen LogP contribution >= 0.6 is 0 Å². The smallest absolute Gasteiger partial charge is 0.314 e. The summed E-state index contributed by atoms with van der Waals surface area (Å²) in [6.45, 7) is 2.21. The molecule has 1 aromatic carbocycles. The first-order chi connectivity index (χ1) is 10.7. The second-order valence-electron chi connectivity index (χ2n) is 5.90.